The molecule has 1 aliphatic rings. The number of rotatable bonds is 8. The Balaban J connectivity index is 2.05. The summed E-state index contributed by atoms with van der Waals surface area (Å²) in [4.78, 5) is 1.07. The highest BCUT2D eigenvalue weighted by atomic mass is 16.3. The SMILES string of the molecule is OCC[NH+](CC#CC[C@](O)(c1ccccc1)C1CCCC1)CCO. The third-order valence-electron chi connectivity index (χ3n) is 5.06. The molecule has 4 N–H and O–H groups in total. The van der Waals surface area contributed by atoms with Gasteiger partial charge in [-0.05, 0) is 30.2 Å². The van der Waals surface area contributed by atoms with Crippen molar-refractivity contribution in [2.24, 2.45) is 5.92 Å². The Morgan fingerprint density at radius 2 is 1.62 bits per heavy atom. The van der Waals surface area contributed by atoms with Crippen molar-refractivity contribution in [2.75, 3.05) is 32.8 Å². The predicted molar refractivity (Wildman–Crippen MR) is 94.4 cm³/mol. The van der Waals surface area contributed by atoms with E-state index in [9.17, 15) is 5.11 Å². The summed E-state index contributed by atoms with van der Waals surface area (Å²) in [7, 11) is 0. The molecule has 0 amide bonds. The second-order valence-corrected chi connectivity index (χ2v) is 6.68. The summed E-state index contributed by atoms with van der Waals surface area (Å²) in [6.45, 7) is 1.93. The van der Waals surface area contributed by atoms with E-state index in [0.717, 1.165) is 23.3 Å². The van der Waals surface area contributed by atoms with Gasteiger partial charge >= 0.3 is 0 Å². The van der Waals surface area contributed by atoms with Crippen molar-refractivity contribution in [2.45, 2.75) is 37.7 Å². The number of hydrogen-bond donors (Lipinski definition) is 4. The standard InChI is InChI=1S/C20H29NO3/c22-16-14-21(15-17-23)13-7-6-12-20(24,19-10-4-5-11-19)18-8-2-1-3-9-18/h1-3,8-9,19,22-24H,4-5,10-17H2/p+1/t20-/m0/s1. The van der Waals surface area contributed by atoms with Crippen LogP contribution in [0.25, 0.3) is 0 Å². The average molecular weight is 332 g/mol. The number of aliphatic hydroxyl groups is 3. The summed E-state index contributed by atoms with van der Waals surface area (Å²) in [5.74, 6) is 6.57. The predicted octanol–water partition coefficient (Wildman–Crippen LogP) is 0.327. The van der Waals surface area contributed by atoms with Crippen LogP contribution in [0, 0.1) is 17.8 Å². The fraction of sp³-hybridized carbons (Fsp3) is 0.600. The van der Waals surface area contributed by atoms with Crippen molar-refractivity contribution in [3.63, 3.8) is 0 Å². The third kappa shape index (κ3) is 5.06. The molecule has 4 nitrogen and oxygen atoms in total. The summed E-state index contributed by atoms with van der Waals surface area (Å²) < 4.78 is 0. The molecule has 0 saturated heterocycles. The lowest BCUT2D eigenvalue weighted by atomic mass is 9.78. The molecule has 0 unspecified atom stereocenters. The van der Waals surface area contributed by atoms with Crippen molar-refractivity contribution in [1.82, 2.24) is 0 Å². The molecule has 0 spiro atoms. The lowest BCUT2D eigenvalue weighted by molar-refractivity contribution is -0.893. The van der Waals surface area contributed by atoms with Crippen LogP contribution in [0.4, 0.5) is 0 Å². The van der Waals surface area contributed by atoms with Crippen LogP contribution >= 0.6 is 0 Å². The topological polar surface area (TPSA) is 65.1 Å². The molecular weight excluding hydrogens is 302 g/mol. The minimum absolute atomic E-state index is 0.0903. The van der Waals surface area contributed by atoms with Crippen LogP contribution in [0.5, 0.6) is 0 Å². The van der Waals surface area contributed by atoms with E-state index in [-0.39, 0.29) is 19.1 Å². The van der Waals surface area contributed by atoms with Gasteiger partial charge in [0.15, 0.2) is 0 Å². The summed E-state index contributed by atoms with van der Waals surface area (Å²) in [5.41, 5.74) is 0.0833. The minimum Gasteiger partial charge on any atom is -0.391 e. The van der Waals surface area contributed by atoms with Gasteiger partial charge in [-0.2, -0.15) is 0 Å². The van der Waals surface area contributed by atoms with Gasteiger partial charge in [-0.1, -0.05) is 49.1 Å². The third-order valence-corrected chi connectivity index (χ3v) is 5.06. The van der Waals surface area contributed by atoms with Gasteiger partial charge < -0.3 is 20.2 Å². The number of nitrogens with one attached hydrogen (secondary N) is 1. The van der Waals surface area contributed by atoms with E-state index >= 15 is 0 Å². The van der Waals surface area contributed by atoms with Crippen LogP contribution in [-0.2, 0) is 5.60 Å². The van der Waals surface area contributed by atoms with E-state index in [1.54, 1.807) is 0 Å². The highest BCUT2D eigenvalue weighted by molar-refractivity contribution is 5.26. The second kappa shape index (κ2) is 9.80. The fourth-order valence-electron chi connectivity index (χ4n) is 3.61. The Hall–Kier alpha value is -1.38. The monoisotopic (exact) mass is 332 g/mol. The molecule has 2 rings (SSSR count). The normalized spacial score (nSPS) is 17.5. The lowest BCUT2D eigenvalue weighted by Gasteiger charge is -2.33. The Morgan fingerprint density at radius 3 is 2.21 bits per heavy atom. The van der Waals surface area contributed by atoms with Crippen LogP contribution in [0.3, 0.4) is 0 Å². The zero-order valence-corrected chi connectivity index (χ0v) is 14.4. The Labute approximate surface area is 145 Å². The first-order valence-electron chi connectivity index (χ1n) is 8.99. The van der Waals surface area contributed by atoms with Gasteiger partial charge in [-0.15, -0.1) is 0 Å². The number of quaternary nitrogens is 1. The van der Waals surface area contributed by atoms with Crippen LogP contribution in [0.2, 0.25) is 0 Å². The zero-order chi connectivity index (χ0) is 17.3. The van der Waals surface area contributed by atoms with Crippen molar-refractivity contribution in [3.8, 4) is 11.8 Å². The lowest BCUT2D eigenvalue weighted by Crippen LogP contribution is -3.12. The van der Waals surface area contributed by atoms with Gasteiger partial charge in [0.05, 0.1) is 13.2 Å². The van der Waals surface area contributed by atoms with Crippen LogP contribution < -0.4 is 4.90 Å². The van der Waals surface area contributed by atoms with Gasteiger partial charge in [0.25, 0.3) is 0 Å². The molecule has 0 heterocycles. The van der Waals surface area contributed by atoms with E-state index in [2.05, 4.69) is 11.8 Å². The maximum atomic E-state index is 11.4. The first-order valence-corrected chi connectivity index (χ1v) is 8.99. The molecule has 1 aromatic rings. The van der Waals surface area contributed by atoms with E-state index in [1.807, 2.05) is 30.3 Å². The Kier molecular flexibility index (Phi) is 7.74. The largest absolute Gasteiger partial charge is 0.391 e. The van der Waals surface area contributed by atoms with Gasteiger partial charge in [-0.3, -0.25) is 0 Å². The molecule has 0 radical (unpaired) electrons. The Bertz CT molecular complexity index is 525. The molecule has 1 atom stereocenters. The van der Waals surface area contributed by atoms with Crippen LogP contribution in [-0.4, -0.2) is 48.2 Å². The molecule has 4 heteroatoms. The van der Waals surface area contributed by atoms with Crippen molar-refractivity contribution < 1.29 is 20.2 Å². The quantitative estimate of drug-likeness (QED) is 0.519. The van der Waals surface area contributed by atoms with Crippen molar-refractivity contribution in [3.05, 3.63) is 35.9 Å². The number of benzene rings is 1. The number of aliphatic hydroxyl groups excluding tert-OH is 2. The van der Waals surface area contributed by atoms with E-state index in [4.69, 9.17) is 10.2 Å². The molecule has 1 aliphatic carbocycles. The van der Waals surface area contributed by atoms with Crippen LogP contribution in [0.15, 0.2) is 30.3 Å². The van der Waals surface area contributed by atoms with E-state index < -0.39 is 5.60 Å². The second-order valence-electron chi connectivity index (χ2n) is 6.68. The number of hydrogen-bond acceptors (Lipinski definition) is 3. The van der Waals surface area contributed by atoms with E-state index in [0.29, 0.717) is 26.1 Å². The fourth-order valence-corrected chi connectivity index (χ4v) is 3.61. The summed E-state index contributed by atoms with van der Waals surface area (Å²) in [6, 6.07) is 9.90. The smallest absolute Gasteiger partial charge is 0.139 e. The molecule has 0 aromatic heterocycles. The summed E-state index contributed by atoms with van der Waals surface area (Å²) in [5, 5.41) is 29.5. The maximum Gasteiger partial charge on any atom is 0.139 e. The average Bonchev–Trinajstić information content (AvgIpc) is 3.15. The first kappa shape index (κ1) is 19.0. The maximum absolute atomic E-state index is 11.4. The van der Waals surface area contributed by atoms with Gasteiger partial charge in [0, 0.05) is 6.42 Å². The molecule has 1 aromatic carbocycles. The van der Waals surface area contributed by atoms with Gasteiger partial charge in [0.2, 0.25) is 0 Å². The van der Waals surface area contributed by atoms with Crippen molar-refractivity contribution in [1.29, 1.82) is 0 Å². The Morgan fingerprint density at radius 1 is 1.00 bits per heavy atom. The summed E-state index contributed by atoms with van der Waals surface area (Å²) in [6.07, 6.45) is 4.91. The van der Waals surface area contributed by atoms with Crippen LogP contribution in [0.1, 0.15) is 37.7 Å². The van der Waals surface area contributed by atoms with Crippen molar-refractivity contribution >= 4 is 0 Å². The molecule has 0 bridgehead atoms. The molecular formula is C20H30NO3+. The van der Waals surface area contributed by atoms with Gasteiger partial charge in [-0.25, -0.2) is 0 Å². The summed E-state index contributed by atoms with van der Waals surface area (Å²) >= 11 is 0. The zero-order valence-electron chi connectivity index (χ0n) is 14.4. The molecule has 1 fully saturated rings. The molecule has 0 aliphatic heterocycles. The minimum atomic E-state index is -0.876. The highest BCUT2D eigenvalue weighted by Crippen LogP contribution is 2.42. The highest BCUT2D eigenvalue weighted by Gasteiger charge is 2.39. The molecule has 132 valence electrons. The molecule has 24 heavy (non-hydrogen) atoms. The van der Waals surface area contributed by atoms with Gasteiger partial charge in [0.1, 0.15) is 25.2 Å². The first-order chi connectivity index (χ1) is 11.7. The molecule has 1 saturated carbocycles. The van der Waals surface area contributed by atoms with E-state index in [1.165, 1.54) is 12.8 Å².